The second kappa shape index (κ2) is 16.2. The summed E-state index contributed by atoms with van der Waals surface area (Å²) in [6, 6.07) is 17.3. The average Bonchev–Trinajstić information content (AvgIpc) is 3.88. The number of ketones is 1. The Morgan fingerprint density at radius 1 is 0.638 bits per heavy atom. The maximum Gasteiger partial charge on any atom is 0.416 e. The molecular formula is C39H32F6N8O5. The second-order valence-corrected chi connectivity index (χ2v) is 13.3. The lowest BCUT2D eigenvalue weighted by Crippen LogP contribution is -2.17. The van der Waals surface area contributed by atoms with Crippen molar-refractivity contribution in [3.05, 3.63) is 151 Å². The number of carbonyl (C=O) groups excluding carboxylic acids is 1. The molecule has 0 bridgehead atoms. The van der Waals surface area contributed by atoms with Crippen molar-refractivity contribution < 1.29 is 41.0 Å². The van der Waals surface area contributed by atoms with Crippen molar-refractivity contribution in [2.75, 3.05) is 10.6 Å². The van der Waals surface area contributed by atoms with Crippen LogP contribution in [0.2, 0.25) is 0 Å². The Morgan fingerprint density at radius 3 is 1.33 bits per heavy atom. The first kappa shape index (κ1) is 40.6. The zero-order valence-corrected chi connectivity index (χ0v) is 30.4. The number of benzene rings is 4. The van der Waals surface area contributed by atoms with Crippen molar-refractivity contribution in [1.82, 2.24) is 20.4 Å². The molecule has 4 aromatic carbocycles. The number of hydrogen-bond acceptors (Lipinski definition) is 9. The molecule has 0 fully saturated rings. The molecule has 0 saturated carbocycles. The van der Waals surface area contributed by atoms with Crippen LogP contribution in [0.3, 0.4) is 0 Å². The Hall–Kier alpha value is -7.05. The van der Waals surface area contributed by atoms with Crippen LogP contribution in [0.4, 0.5) is 49.1 Å². The Balaban J connectivity index is 1.14. The van der Waals surface area contributed by atoms with Gasteiger partial charge in [-0.25, -0.2) is 0 Å². The molecule has 2 heterocycles. The fourth-order valence-electron chi connectivity index (χ4n) is 6.35. The number of nitrogens with zero attached hydrogens (tertiary/aromatic N) is 4. The van der Waals surface area contributed by atoms with E-state index in [0.717, 1.165) is 24.3 Å². The van der Waals surface area contributed by atoms with Gasteiger partial charge in [0.25, 0.3) is 11.4 Å². The summed E-state index contributed by atoms with van der Waals surface area (Å²) < 4.78 is 78.2. The average molecular weight is 807 g/mol. The van der Waals surface area contributed by atoms with Gasteiger partial charge >= 0.3 is 12.4 Å². The van der Waals surface area contributed by atoms with Crippen LogP contribution >= 0.6 is 0 Å². The van der Waals surface area contributed by atoms with E-state index in [9.17, 15) is 51.4 Å². The quantitative estimate of drug-likeness (QED) is 0.0472. The highest BCUT2D eigenvalue weighted by molar-refractivity contribution is 5.92. The van der Waals surface area contributed by atoms with Gasteiger partial charge in [-0.3, -0.25) is 35.2 Å². The van der Waals surface area contributed by atoms with Gasteiger partial charge in [0.1, 0.15) is 17.2 Å². The van der Waals surface area contributed by atoms with Crippen LogP contribution in [-0.2, 0) is 30.2 Å². The number of Topliss-reactive ketones (excluding diaryl/α,β-unsaturated/α-hetero) is 1. The number of aromatic amines is 2. The molecule has 6 aromatic rings. The van der Waals surface area contributed by atoms with E-state index in [1.165, 1.54) is 60.9 Å². The fraction of sp³-hybridized carbons (Fsp3) is 0.205. The van der Waals surface area contributed by atoms with Gasteiger partial charge in [0.2, 0.25) is 0 Å². The SMILES string of the molecule is CC(C(=O)C(C)c1ccc(NCc2c[nH]nc2-c2ccc(C(F)(F)F)cc2)c([N+](=O)[O-])c1)c1ccc(NCc2c[nH]nc2-c2ccc(C(F)(F)F)cc2)c([N+](=O)[O-])c1. The van der Waals surface area contributed by atoms with E-state index in [1.807, 2.05) is 0 Å². The molecule has 2 unspecified atom stereocenters. The number of hydrogen-bond donors (Lipinski definition) is 4. The number of nitrogens with one attached hydrogen (secondary N) is 4. The number of alkyl halides is 6. The first-order chi connectivity index (χ1) is 27.4. The van der Waals surface area contributed by atoms with Gasteiger partial charge in [-0.2, -0.15) is 36.5 Å². The summed E-state index contributed by atoms with van der Waals surface area (Å²) >= 11 is 0. The van der Waals surface area contributed by atoms with E-state index in [4.69, 9.17) is 0 Å². The lowest BCUT2D eigenvalue weighted by atomic mass is 9.85. The lowest BCUT2D eigenvalue weighted by Gasteiger charge is -2.18. The molecule has 300 valence electrons. The number of anilines is 2. The number of carbonyl (C=O) groups is 1. The van der Waals surface area contributed by atoms with E-state index in [2.05, 4.69) is 31.0 Å². The topological polar surface area (TPSA) is 185 Å². The number of aromatic nitrogens is 4. The zero-order valence-electron chi connectivity index (χ0n) is 30.4. The summed E-state index contributed by atoms with van der Waals surface area (Å²) in [6.45, 7) is 3.17. The van der Waals surface area contributed by atoms with Crippen LogP contribution in [0.15, 0.2) is 97.3 Å². The number of H-pyrrole nitrogens is 2. The Kier molecular flexibility index (Phi) is 11.3. The van der Waals surface area contributed by atoms with Crippen molar-refractivity contribution in [2.45, 2.75) is 51.1 Å². The number of nitro benzene ring substituents is 2. The number of rotatable bonds is 14. The van der Waals surface area contributed by atoms with Gasteiger partial charge in [-0.15, -0.1) is 0 Å². The molecule has 2 atom stereocenters. The van der Waals surface area contributed by atoms with Gasteiger partial charge in [0.05, 0.1) is 32.4 Å². The van der Waals surface area contributed by atoms with Crippen molar-refractivity contribution in [2.24, 2.45) is 0 Å². The maximum atomic E-state index is 13.7. The molecule has 0 radical (unpaired) electrons. The zero-order chi connectivity index (χ0) is 41.9. The van der Waals surface area contributed by atoms with Gasteiger partial charge in [0, 0.05) is 71.7 Å². The third kappa shape index (κ3) is 8.82. The van der Waals surface area contributed by atoms with Crippen molar-refractivity contribution in [1.29, 1.82) is 0 Å². The maximum absolute atomic E-state index is 13.7. The Morgan fingerprint density at radius 2 is 1.00 bits per heavy atom. The van der Waals surface area contributed by atoms with E-state index < -0.39 is 45.2 Å². The van der Waals surface area contributed by atoms with E-state index in [1.54, 1.807) is 26.0 Å². The minimum absolute atomic E-state index is 0.0184. The van der Waals surface area contributed by atoms with Crippen molar-refractivity contribution in [3.63, 3.8) is 0 Å². The molecular weight excluding hydrogens is 774 g/mol. The molecule has 13 nitrogen and oxygen atoms in total. The number of halogens is 6. The highest BCUT2D eigenvalue weighted by Gasteiger charge is 2.32. The predicted octanol–water partition coefficient (Wildman–Crippen LogP) is 10.0. The summed E-state index contributed by atoms with van der Waals surface area (Å²) in [6.07, 6.45) is -5.99. The summed E-state index contributed by atoms with van der Waals surface area (Å²) in [4.78, 5) is 36.8. The molecule has 4 N–H and O–H groups in total. The lowest BCUT2D eigenvalue weighted by molar-refractivity contribution is -0.384. The summed E-state index contributed by atoms with van der Waals surface area (Å²) in [5, 5.41) is 43.8. The van der Waals surface area contributed by atoms with Crippen molar-refractivity contribution in [3.8, 4) is 22.5 Å². The molecule has 0 amide bonds. The minimum atomic E-state index is -4.51. The van der Waals surface area contributed by atoms with Crippen LogP contribution in [0.1, 0.15) is 59.1 Å². The van der Waals surface area contributed by atoms with E-state index >= 15 is 0 Å². The predicted molar refractivity (Wildman–Crippen MR) is 201 cm³/mol. The molecule has 58 heavy (non-hydrogen) atoms. The Labute approximate surface area is 324 Å². The first-order valence-electron chi connectivity index (χ1n) is 17.4. The first-order valence-corrected chi connectivity index (χ1v) is 17.4. The molecule has 6 rings (SSSR count). The van der Waals surface area contributed by atoms with Gasteiger partial charge in [-0.1, -0.05) is 50.2 Å². The minimum Gasteiger partial charge on any atom is -0.375 e. The molecule has 0 aliphatic heterocycles. The van der Waals surface area contributed by atoms with E-state index in [-0.39, 0.29) is 41.6 Å². The summed E-state index contributed by atoms with van der Waals surface area (Å²) in [5.74, 6) is -2.11. The standard InChI is InChI=1S/C39H32F6N8O5/c1-21(25-7-13-31(33(15-25)52(55)56)46-17-27-19-48-50-35(27)23-3-9-29(10-4-23)38(40,41)42)37(54)22(2)26-8-14-32(34(16-26)53(57)58)47-18-28-20-49-51-36(28)24-5-11-30(12-6-24)39(43,44)45/h3-16,19-22,46-47H,17-18H2,1-2H3,(H,48,50)(H,49,51). The molecule has 19 heteroatoms. The molecule has 0 aliphatic carbocycles. The summed E-state index contributed by atoms with van der Waals surface area (Å²) in [7, 11) is 0. The molecule has 0 spiro atoms. The van der Waals surface area contributed by atoms with Crippen LogP contribution < -0.4 is 10.6 Å². The third-order valence-electron chi connectivity index (χ3n) is 9.64. The van der Waals surface area contributed by atoms with Crippen LogP contribution in [0.25, 0.3) is 22.5 Å². The monoisotopic (exact) mass is 806 g/mol. The largest absolute Gasteiger partial charge is 0.416 e. The smallest absolute Gasteiger partial charge is 0.375 e. The van der Waals surface area contributed by atoms with Crippen molar-refractivity contribution >= 4 is 28.5 Å². The van der Waals surface area contributed by atoms with Gasteiger partial charge in [0.15, 0.2) is 0 Å². The highest BCUT2D eigenvalue weighted by atomic mass is 19.4. The molecule has 2 aromatic heterocycles. The van der Waals surface area contributed by atoms with Crippen LogP contribution in [-0.4, -0.2) is 36.0 Å². The summed E-state index contributed by atoms with van der Waals surface area (Å²) in [5.41, 5.74) is 1.09. The fourth-order valence-corrected chi connectivity index (χ4v) is 6.35. The highest BCUT2D eigenvalue weighted by Crippen LogP contribution is 2.37. The second-order valence-electron chi connectivity index (χ2n) is 13.3. The third-order valence-corrected chi connectivity index (χ3v) is 9.64. The Bertz CT molecular complexity index is 2290. The molecule has 0 saturated heterocycles. The molecule has 0 aliphatic rings. The number of nitro groups is 2. The van der Waals surface area contributed by atoms with Crippen LogP contribution in [0.5, 0.6) is 0 Å². The van der Waals surface area contributed by atoms with Gasteiger partial charge in [-0.05, 0) is 47.5 Å². The van der Waals surface area contributed by atoms with Gasteiger partial charge < -0.3 is 10.6 Å². The normalized spacial score (nSPS) is 12.8. The van der Waals surface area contributed by atoms with E-state index in [0.29, 0.717) is 44.8 Å². The van der Waals surface area contributed by atoms with Crippen LogP contribution in [0, 0.1) is 20.2 Å².